The average Bonchev–Trinajstić information content (AvgIpc) is 2.36. The molecule has 102 valence electrons. The molecule has 0 aliphatic rings. The predicted octanol–water partition coefficient (Wildman–Crippen LogP) is 2.31. The molecule has 0 fully saturated rings. The highest BCUT2D eigenvalue weighted by molar-refractivity contribution is 5.85. The molecule has 0 aliphatic carbocycles. The van der Waals surface area contributed by atoms with Gasteiger partial charge in [-0.25, -0.2) is 0 Å². The maximum absolute atomic E-state index is 11.7. The molecule has 1 aromatic rings. The van der Waals surface area contributed by atoms with E-state index in [1.54, 1.807) is 0 Å². The fraction of sp³-hybridized carbons (Fsp3) is 0.500. The van der Waals surface area contributed by atoms with Gasteiger partial charge in [0, 0.05) is 13.0 Å². The number of nitrogens with two attached hydrogens (primary N) is 1. The molecule has 0 saturated heterocycles. The first-order valence-electron chi connectivity index (χ1n) is 6.15. The summed E-state index contributed by atoms with van der Waals surface area (Å²) < 4.78 is 0. The van der Waals surface area contributed by atoms with Crippen molar-refractivity contribution in [2.75, 3.05) is 13.1 Å². The molecule has 0 bridgehead atoms. The van der Waals surface area contributed by atoms with Crippen LogP contribution in [0, 0.1) is 5.92 Å². The van der Waals surface area contributed by atoms with Crippen molar-refractivity contribution in [2.24, 2.45) is 11.7 Å². The van der Waals surface area contributed by atoms with Crippen molar-refractivity contribution in [3.63, 3.8) is 0 Å². The Balaban J connectivity index is 0.00000289. The van der Waals surface area contributed by atoms with E-state index in [0.29, 0.717) is 25.4 Å². The standard InChI is InChI=1S/C14H22N2O.ClH/c1-11(9-15)10-16-14(17)8-12(2)13-6-4-3-5-7-13;/h3-7,11-12H,8-10,15H2,1-2H3,(H,16,17);1H. The smallest absolute Gasteiger partial charge is 0.220 e. The Labute approximate surface area is 116 Å². The van der Waals surface area contributed by atoms with Crippen LogP contribution in [0.3, 0.4) is 0 Å². The number of halogens is 1. The number of benzene rings is 1. The van der Waals surface area contributed by atoms with Crippen LogP contribution >= 0.6 is 12.4 Å². The SMILES string of the molecule is CC(CN)CNC(=O)CC(C)c1ccccc1.Cl. The second kappa shape index (κ2) is 8.95. The first-order chi connectivity index (χ1) is 8.13. The number of nitrogens with one attached hydrogen (secondary N) is 1. The lowest BCUT2D eigenvalue weighted by atomic mass is 9.97. The minimum absolute atomic E-state index is 0. The van der Waals surface area contributed by atoms with Crippen molar-refractivity contribution in [1.29, 1.82) is 0 Å². The van der Waals surface area contributed by atoms with E-state index >= 15 is 0 Å². The van der Waals surface area contributed by atoms with E-state index in [1.807, 2.05) is 25.1 Å². The monoisotopic (exact) mass is 270 g/mol. The van der Waals surface area contributed by atoms with E-state index in [-0.39, 0.29) is 24.2 Å². The van der Waals surface area contributed by atoms with Crippen molar-refractivity contribution < 1.29 is 4.79 Å². The molecule has 1 aromatic carbocycles. The van der Waals surface area contributed by atoms with Crippen molar-refractivity contribution >= 4 is 18.3 Å². The Morgan fingerprint density at radius 1 is 1.28 bits per heavy atom. The first-order valence-corrected chi connectivity index (χ1v) is 6.15. The van der Waals surface area contributed by atoms with E-state index in [1.165, 1.54) is 5.56 Å². The fourth-order valence-corrected chi connectivity index (χ4v) is 1.62. The normalized spacial score (nSPS) is 13.3. The summed E-state index contributed by atoms with van der Waals surface area (Å²) in [7, 11) is 0. The minimum Gasteiger partial charge on any atom is -0.356 e. The van der Waals surface area contributed by atoms with Gasteiger partial charge in [-0.15, -0.1) is 12.4 Å². The molecular weight excluding hydrogens is 248 g/mol. The van der Waals surface area contributed by atoms with Gasteiger partial charge in [-0.2, -0.15) is 0 Å². The van der Waals surface area contributed by atoms with Gasteiger partial charge in [-0.05, 0) is 23.9 Å². The molecule has 1 rings (SSSR count). The lowest BCUT2D eigenvalue weighted by Gasteiger charge is -2.13. The third-order valence-corrected chi connectivity index (χ3v) is 2.91. The van der Waals surface area contributed by atoms with E-state index in [4.69, 9.17) is 5.73 Å². The largest absolute Gasteiger partial charge is 0.356 e. The van der Waals surface area contributed by atoms with Crippen molar-refractivity contribution in [2.45, 2.75) is 26.2 Å². The molecule has 4 heteroatoms. The molecule has 0 radical (unpaired) electrons. The Morgan fingerprint density at radius 3 is 2.44 bits per heavy atom. The van der Waals surface area contributed by atoms with Gasteiger partial charge in [0.15, 0.2) is 0 Å². The maximum Gasteiger partial charge on any atom is 0.220 e. The van der Waals surface area contributed by atoms with Crippen LogP contribution in [0.4, 0.5) is 0 Å². The van der Waals surface area contributed by atoms with E-state index in [2.05, 4.69) is 24.4 Å². The zero-order chi connectivity index (χ0) is 12.7. The Kier molecular flexibility index (Phi) is 8.42. The first kappa shape index (κ1) is 16.9. The molecule has 3 nitrogen and oxygen atoms in total. The Bertz CT molecular complexity index is 343. The summed E-state index contributed by atoms with van der Waals surface area (Å²) in [5.41, 5.74) is 6.70. The van der Waals surface area contributed by atoms with Gasteiger partial charge in [-0.3, -0.25) is 4.79 Å². The van der Waals surface area contributed by atoms with Gasteiger partial charge in [0.2, 0.25) is 5.91 Å². The van der Waals surface area contributed by atoms with Crippen LogP contribution in [0.1, 0.15) is 31.7 Å². The molecule has 0 saturated carbocycles. The highest BCUT2D eigenvalue weighted by Crippen LogP contribution is 2.17. The summed E-state index contributed by atoms with van der Waals surface area (Å²) in [5.74, 6) is 0.692. The molecule has 18 heavy (non-hydrogen) atoms. The summed E-state index contributed by atoms with van der Waals surface area (Å²) in [4.78, 5) is 11.7. The molecule has 0 spiro atoms. The Hall–Kier alpha value is -1.06. The molecule has 2 atom stereocenters. The van der Waals surface area contributed by atoms with Gasteiger partial charge < -0.3 is 11.1 Å². The minimum atomic E-state index is 0. The Morgan fingerprint density at radius 2 is 1.89 bits per heavy atom. The van der Waals surface area contributed by atoms with Gasteiger partial charge in [0.25, 0.3) is 0 Å². The number of amides is 1. The number of hydrogen-bond donors (Lipinski definition) is 2. The van der Waals surface area contributed by atoms with E-state index in [0.717, 1.165) is 0 Å². The number of hydrogen-bond acceptors (Lipinski definition) is 2. The highest BCUT2D eigenvalue weighted by Gasteiger charge is 2.11. The van der Waals surface area contributed by atoms with E-state index in [9.17, 15) is 4.79 Å². The zero-order valence-corrected chi connectivity index (χ0v) is 11.9. The highest BCUT2D eigenvalue weighted by atomic mass is 35.5. The van der Waals surface area contributed by atoms with Crippen molar-refractivity contribution in [3.05, 3.63) is 35.9 Å². The molecule has 0 aliphatic heterocycles. The van der Waals surface area contributed by atoms with Gasteiger partial charge in [-0.1, -0.05) is 44.2 Å². The second-order valence-corrected chi connectivity index (χ2v) is 4.66. The zero-order valence-electron chi connectivity index (χ0n) is 11.1. The van der Waals surface area contributed by atoms with Crippen LogP contribution in [-0.4, -0.2) is 19.0 Å². The molecule has 3 N–H and O–H groups in total. The summed E-state index contributed by atoms with van der Waals surface area (Å²) in [5, 5.41) is 2.92. The second-order valence-electron chi connectivity index (χ2n) is 4.66. The predicted molar refractivity (Wildman–Crippen MR) is 78.0 cm³/mol. The van der Waals surface area contributed by atoms with Crippen LogP contribution < -0.4 is 11.1 Å². The van der Waals surface area contributed by atoms with Gasteiger partial charge in [0.1, 0.15) is 0 Å². The molecule has 2 unspecified atom stereocenters. The molecule has 0 aromatic heterocycles. The van der Waals surface area contributed by atoms with Gasteiger partial charge in [0.05, 0.1) is 0 Å². The molecule has 1 amide bonds. The van der Waals surface area contributed by atoms with Crippen LogP contribution in [0.25, 0.3) is 0 Å². The molecule has 0 heterocycles. The lowest BCUT2D eigenvalue weighted by Crippen LogP contribution is -2.31. The number of rotatable bonds is 6. The average molecular weight is 271 g/mol. The van der Waals surface area contributed by atoms with Gasteiger partial charge >= 0.3 is 0 Å². The van der Waals surface area contributed by atoms with Crippen LogP contribution in [-0.2, 0) is 4.79 Å². The third-order valence-electron chi connectivity index (χ3n) is 2.91. The number of carbonyl (C=O) groups excluding carboxylic acids is 1. The summed E-state index contributed by atoms with van der Waals surface area (Å²) in [6.07, 6.45) is 0.529. The van der Waals surface area contributed by atoms with Crippen LogP contribution in [0.15, 0.2) is 30.3 Å². The third kappa shape index (κ3) is 6.03. The van der Waals surface area contributed by atoms with E-state index < -0.39 is 0 Å². The maximum atomic E-state index is 11.7. The molecular formula is C14H23ClN2O. The lowest BCUT2D eigenvalue weighted by molar-refractivity contribution is -0.121. The summed E-state index contributed by atoms with van der Waals surface area (Å²) >= 11 is 0. The summed E-state index contributed by atoms with van der Waals surface area (Å²) in [6.45, 7) is 5.37. The summed E-state index contributed by atoms with van der Waals surface area (Å²) in [6, 6.07) is 10.1. The van der Waals surface area contributed by atoms with Crippen molar-refractivity contribution in [3.8, 4) is 0 Å². The topological polar surface area (TPSA) is 55.1 Å². The number of carbonyl (C=O) groups is 1. The quantitative estimate of drug-likeness (QED) is 0.834. The van der Waals surface area contributed by atoms with Crippen molar-refractivity contribution in [1.82, 2.24) is 5.32 Å². The van der Waals surface area contributed by atoms with Crippen LogP contribution in [0.5, 0.6) is 0 Å². The fourth-order valence-electron chi connectivity index (χ4n) is 1.62. The van der Waals surface area contributed by atoms with Crippen LogP contribution in [0.2, 0.25) is 0 Å².